The maximum absolute atomic E-state index is 4.46. The van der Waals surface area contributed by atoms with Gasteiger partial charge in [0.25, 0.3) is 0 Å². The van der Waals surface area contributed by atoms with E-state index in [-0.39, 0.29) is 0 Å². The summed E-state index contributed by atoms with van der Waals surface area (Å²) in [7, 11) is 0. The molecule has 0 aliphatic carbocycles. The number of hydrogen-bond acceptors (Lipinski definition) is 2. The summed E-state index contributed by atoms with van der Waals surface area (Å²) in [5.74, 6) is 1.25. The molecule has 2 heterocycles. The Kier molecular flexibility index (Phi) is 1.79. The smallest absolute Gasteiger partial charge is 0.234 e. The average Bonchev–Trinajstić information content (AvgIpc) is 2.45. The molecule has 0 saturated carbocycles. The molecule has 0 saturated heterocycles. The highest BCUT2D eigenvalue weighted by Crippen LogP contribution is 2.18. The Morgan fingerprint density at radius 3 is 2.77 bits per heavy atom. The molecule has 0 aromatic carbocycles. The van der Waals surface area contributed by atoms with Gasteiger partial charge in [0.15, 0.2) is 0 Å². The Balaban J connectivity index is 2.74. The molecule has 0 radical (unpaired) electrons. The van der Waals surface area contributed by atoms with Crippen LogP contribution in [0.5, 0.6) is 0 Å². The van der Waals surface area contributed by atoms with Crippen molar-refractivity contribution < 1.29 is 0 Å². The minimum atomic E-state index is 0.460. The molecule has 13 heavy (non-hydrogen) atoms. The Morgan fingerprint density at radius 1 is 1.38 bits per heavy atom. The first kappa shape index (κ1) is 8.23. The molecule has 68 valence electrons. The molecule has 3 nitrogen and oxygen atoms in total. The van der Waals surface area contributed by atoms with Gasteiger partial charge in [-0.1, -0.05) is 13.8 Å². The van der Waals surface area contributed by atoms with Crippen LogP contribution < -0.4 is 0 Å². The molecule has 0 aliphatic rings. The van der Waals surface area contributed by atoms with Crippen molar-refractivity contribution in [2.75, 3.05) is 0 Å². The quantitative estimate of drug-likeness (QED) is 0.664. The second-order valence-electron chi connectivity index (χ2n) is 3.53. The normalized spacial score (nSPS) is 11.4. The number of imidazole rings is 1. The third-order valence-electron chi connectivity index (χ3n) is 2.23. The molecule has 0 spiro atoms. The van der Waals surface area contributed by atoms with Crippen LogP contribution in [0.1, 0.15) is 31.2 Å². The van der Waals surface area contributed by atoms with Gasteiger partial charge in [-0.15, -0.1) is 0 Å². The number of rotatable bonds is 1. The zero-order valence-corrected chi connectivity index (χ0v) is 8.15. The van der Waals surface area contributed by atoms with Gasteiger partial charge in [0.2, 0.25) is 5.78 Å². The van der Waals surface area contributed by atoms with E-state index in [2.05, 4.69) is 30.7 Å². The Morgan fingerprint density at radius 2 is 2.15 bits per heavy atom. The van der Waals surface area contributed by atoms with Gasteiger partial charge in [0.1, 0.15) is 0 Å². The van der Waals surface area contributed by atoms with Crippen molar-refractivity contribution in [2.24, 2.45) is 0 Å². The van der Waals surface area contributed by atoms with Crippen molar-refractivity contribution in [1.29, 1.82) is 0 Å². The molecule has 0 aliphatic heterocycles. The summed E-state index contributed by atoms with van der Waals surface area (Å²) in [5, 5.41) is 0. The van der Waals surface area contributed by atoms with E-state index in [0.29, 0.717) is 5.92 Å². The second kappa shape index (κ2) is 2.83. The van der Waals surface area contributed by atoms with Crippen LogP contribution in [-0.4, -0.2) is 14.4 Å². The van der Waals surface area contributed by atoms with Gasteiger partial charge in [0, 0.05) is 18.1 Å². The van der Waals surface area contributed by atoms with Gasteiger partial charge in [-0.3, -0.25) is 4.40 Å². The molecule has 2 aromatic rings. The van der Waals surface area contributed by atoms with E-state index < -0.39 is 0 Å². The summed E-state index contributed by atoms with van der Waals surface area (Å²) in [6.45, 7) is 6.38. The zero-order chi connectivity index (χ0) is 9.42. The van der Waals surface area contributed by atoms with E-state index >= 15 is 0 Å². The summed E-state index contributed by atoms with van der Waals surface area (Å²) >= 11 is 0. The van der Waals surface area contributed by atoms with Crippen LogP contribution in [0.25, 0.3) is 5.78 Å². The van der Waals surface area contributed by atoms with Crippen LogP contribution in [0.4, 0.5) is 0 Å². The molecule has 3 heteroatoms. The van der Waals surface area contributed by atoms with Crippen LogP contribution in [0.15, 0.2) is 18.5 Å². The molecule has 0 fully saturated rings. The molecule has 0 N–H and O–H groups in total. The van der Waals surface area contributed by atoms with Gasteiger partial charge < -0.3 is 0 Å². The molecule has 0 amide bonds. The summed E-state index contributed by atoms with van der Waals surface area (Å²) in [6.07, 6.45) is 3.77. The van der Waals surface area contributed by atoms with E-state index in [1.807, 2.05) is 16.7 Å². The van der Waals surface area contributed by atoms with Crippen molar-refractivity contribution in [2.45, 2.75) is 26.7 Å². The van der Waals surface area contributed by atoms with E-state index in [4.69, 9.17) is 0 Å². The van der Waals surface area contributed by atoms with Crippen molar-refractivity contribution in [1.82, 2.24) is 14.4 Å². The topological polar surface area (TPSA) is 30.2 Å². The Hall–Kier alpha value is -1.38. The van der Waals surface area contributed by atoms with E-state index in [1.54, 1.807) is 6.20 Å². The summed E-state index contributed by atoms with van der Waals surface area (Å²) in [6, 6.07) is 1.92. The van der Waals surface area contributed by atoms with Crippen LogP contribution in [0.3, 0.4) is 0 Å². The van der Waals surface area contributed by atoms with Crippen LogP contribution >= 0.6 is 0 Å². The summed E-state index contributed by atoms with van der Waals surface area (Å²) in [4.78, 5) is 8.66. The molecule has 0 atom stereocenters. The first-order chi connectivity index (χ1) is 6.20. The number of aryl methyl sites for hydroxylation is 1. The fourth-order valence-corrected chi connectivity index (χ4v) is 1.57. The van der Waals surface area contributed by atoms with Gasteiger partial charge >= 0.3 is 0 Å². The van der Waals surface area contributed by atoms with Crippen LogP contribution in [0, 0.1) is 6.92 Å². The zero-order valence-electron chi connectivity index (χ0n) is 8.15. The monoisotopic (exact) mass is 175 g/mol. The van der Waals surface area contributed by atoms with Gasteiger partial charge in [-0.2, -0.15) is 0 Å². The molecular weight excluding hydrogens is 162 g/mol. The Bertz CT molecular complexity index is 429. The van der Waals surface area contributed by atoms with E-state index in [1.165, 1.54) is 5.69 Å². The fraction of sp³-hybridized carbons (Fsp3) is 0.400. The largest absolute Gasteiger partial charge is 0.288 e. The highest BCUT2D eigenvalue weighted by atomic mass is 15.1. The molecule has 0 unspecified atom stereocenters. The molecule has 2 aromatic heterocycles. The molecule has 0 bridgehead atoms. The average molecular weight is 175 g/mol. The highest BCUT2D eigenvalue weighted by Gasteiger charge is 2.10. The van der Waals surface area contributed by atoms with Crippen LogP contribution in [-0.2, 0) is 0 Å². The van der Waals surface area contributed by atoms with E-state index in [9.17, 15) is 0 Å². The van der Waals surface area contributed by atoms with E-state index in [0.717, 1.165) is 11.5 Å². The molecular formula is C10H13N3. The predicted octanol–water partition coefficient (Wildman–Crippen LogP) is 2.16. The lowest BCUT2D eigenvalue weighted by atomic mass is 10.1. The third-order valence-corrected chi connectivity index (χ3v) is 2.23. The first-order valence-electron chi connectivity index (χ1n) is 4.49. The number of aromatic nitrogens is 3. The van der Waals surface area contributed by atoms with Gasteiger partial charge in [0.05, 0.1) is 5.69 Å². The lowest BCUT2D eigenvalue weighted by molar-refractivity contribution is 0.821. The predicted molar refractivity (Wildman–Crippen MR) is 51.8 cm³/mol. The highest BCUT2D eigenvalue weighted by molar-refractivity contribution is 5.35. The second-order valence-corrected chi connectivity index (χ2v) is 3.53. The lowest BCUT2D eigenvalue weighted by Crippen LogP contribution is -1.91. The van der Waals surface area contributed by atoms with Crippen molar-refractivity contribution in [3.05, 3.63) is 29.8 Å². The van der Waals surface area contributed by atoms with Gasteiger partial charge in [-0.25, -0.2) is 9.97 Å². The number of nitrogens with zero attached hydrogens (tertiary/aromatic N) is 3. The Labute approximate surface area is 77.4 Å². The van der Waals surface area contributed by atoms with Gasteiger partial charge in [-0.05, 0) is 18.9 Å². The molecule has 2 rings (SSSR count). The SMILES string of the molecule is Cc1c(C(C)C)nc2ncccn12. The van der Waals surface area contributed by atoms with Crippen LogP contribution in [0.2, 0.25) is 0 Å². The first-order valence-corrected chi connectivity index (χ1v) is 4.49. The minimum Gasteiger partial charge on any atom is -0.288 e. The standard InChI is InChI=1S/C10H13N3/c1-7(2)9-8(3)13-6-4-5-11-10(13)12-9/h4-7H,1-3H3. The maximum Gasteiger partial charge on any atom is 0.234 e. The number of fused-ring (bicyclic) bond motifs is 1. The van der Waals surface area contributed by atoms with Crippen molar-refractivity contribution in [3.63, 3.8) is 0 Å². The maximum atomic E-state index is 4.46. The lowest BCUT2D eigenvalue weighted by Gasteiger charge is -2.00. The fourth-order valence-electron chi connectivity index (χ4n) is 1.57. The third kappa shape index (κ3) is 1.20. The summed E-state index contributed by atoms with van der Waals surface area (Å²) < 4.78 is 2.02. The summed E-state index contributed by atoms with van der Waals surface area (Å²) in [5.41, 5.74) is 2.33. The minimum absolute atomic E-state index is 0.460. The number of hydrogen-bond donors (Lipinski definition) is 0. The van der Waals surface area contributed by atoms with Crippen molar-refractivity contribution >= 4 is 5.78 Å². The van der Waals surface area contributed by atoms with Crippen molar-refractivity contribution in [3.8, 4) is 0 Å².